The van der Waals surface area contributed by atoms with E-state index in [1.165, 1.54) is 31.2 Å². The molecule has 1 aromatic carbocycles. The summed E-state index contributed by atoms with van der Waals surface area (Å²) in [5.74, 6) is 0.607. The van der Waals surface area contributed by atoms with Crippen LogP contribution in [0.5, 0.6) is 0 Å². The standard InChI is InChI=1S/C16H23FN2/c17-15-7-3-6-14(12-15)16(13-4-1-2-5-13)19-10-8-18-9-11-19/h3,6-7,12-13,16,18H,1-2,4-5,8-11H2/t16-/m1/s1. The van der Waals surface area contributed by atoms with Gasteiger partial charge in [0.1, 0.15) is 5.82 Å². The molecule has 0 amide bonds. The second-order valence-corrected chi connectivity index (χ2v) is 5.83. The molecule has 19 heavy (non-hydrogen) atoms. The van der Waals surface area contributed by atoms with Crippen molar-refractivity contribution < 1.29 is 4.39 Å². The van der Waals surface area contributed by atoms with Gasteiger partial charge in [0.05, 0.1) is 0 Å². The van der Waals surface area contributed by atoms with Crippen molar-refractivity contribution in [1.29, 1.82) is 0 Å². The Morgan fingerprint density at radius 3 is 2.58 bits per heavy atom. The maximum Gasteiger partial charge on any atom is 0.123 e. The van der Waals surface area contributed by atoms with Crippen LogP contribution in [-0.4, -0.2) is 31.1 Å². The van der Waals surface area contributed by atoms with Crippen molar-refractivity contribution in [1.82, 2.24) is 10.2 Å². The highest BCUT2D eigenvalue weighted by Gasteiger charge is 2.31. The van der Waals surface area contributed by atoms with E-state index in [9.17, 15) is 4.39 Å². The minimum atomic E-state index is -0.101. The zero-order valence-electron chi connectivity index (χ0n) is 11.4. The second kappa shape index (κ2) is 6.02. The van der Waals surface area contributed by atoms with Crippen molar-refractivity contribution in [3.63, 3.8) is 0 Å². The first kappa shape index (κ1) is 13.1. The SMILES string of the molecule is Fc1cccc([C@@H](C2CCCC2)N2CCNCC2)c1. The number of nitrogens with one attached hydrogen (secondary N) is 1. The summed E-state index contributed by atoms with van der Waals surface area (Å²) in [6.07, 6.45) is 5.27. The Morgan fingerprint density at radius 1 is 1.16 bits per heavy atom. The van der Waals surface area contributed by atoms with Gasteiger partial charge >= 0.3 is 0 Å². The smallest absolute Gasteiger partial charge is 0.123 e. The molecule has 3 rings (SSSR count). The van der Waals surface area contributed by atoms with Gasteiger partial charge < -0.3 is 5.32 Å². The molecule has 1 saturated carbocycles. The average Bonchev–Trinajstić information content (AvgIpc) is 2.94. The largest absolute Gasteiger partial charge is 0.314 e. The molecule has 0 aromatic heterocycles. The lowest BCUT2D eigenvalue weighted by Gasteiger charge is -2.38. The van der Waals surface area contributed by atoms with Gasteiger partial charge in [-0.3, -0.25) is 4.90 Å². The van der Waals surface area contributed by atoms with Crippen molar-refractivity contribution in [2.45, 2.75) is 31.7 Å². The van der Waals surface area contributed by atoms with Gasteiger partial charge in [-0.25, -0.2) is 4.39 Å². The maximum atomic E-state index is 13.6. The summed E-state index contributed by atoms with van der Waals surface area (Å²) in [5, 5.41) is 3.41. The first-order valence-corrected chi connectivity index (χ1v) is 7.55. The number of hydrogen-bond donors (Lipinski definition) is 1. The monoisotopic (exact) mass is 262 g/mol. The zero-order chi connectivity index (χ0) is 13.1. The molecule has 0 bridgehead atoms. The fourth-order valence-electron chi connectivity index (χ4n) is 3.71. The summed E-state index contributed by atoms with van der Waals surface area (Å²) in [6.45, 7) is 4.27. The van der Waals surface area contributed by atoms with E-state index in [1.54, 1.807) is 12.1 Å². The molecule has 1 N–H and O–H groups in total. The lowest BCUT2D eigenvalue weighted by Crippen LogP contribution is -2.46. The van der Waals surface area contributed by atoms with Crippen LogP contribution >= 0.6 is 0 Å². The highest BCUT2D eigenvalue weighted by Crippen LogP contribution is 2.39. The fraction of sp³-hybridized carbons (Fsp3) is 0.625. The Morgan fingerprint density at radius 2 is 1.89 bits per heavy atom. The third kappa shape index (κ3) is 2.98. The topological polar surface area (TPSA) is 15.3 Å². The van der Waals surface area contributed by atoms with Crippen LogP contribution in [-0.2, 0) is 0 Å². The molecular formula is C16H23FN2. The highest BCUT2D eigenvalue weighted by molar-refractivity contribution is 5.21. The van der Waals surface area contributed by atoms with Crippen LogP contribution in [0, 0.1) is 11.7 Å². The summed E-state index contributed by atoms with van der Waals surface area (Å²) in [6, 6.07) is 7.67. The number of rotatable bonds is 3. The van der Waals surface area contributed by atoms with Gasteiger partial charge in [-0.05, 0) is 36.5 Å². The highest BCUT2D eigenvalue weighted by atomic mass is 19.1. The van der Waals surface area contributed by atoms with Crippen LogP contribution < -0.4 is 5.32 Å². The van der Waals surface area contributed by atoms with Crippen LogP contribution in [0.15, 0.2) is 24.3 Å². The number of piperazine rings is 1. The molecule has 1 atom stereocenters. The van der Waals surface area contributed by atoms with Gasteiger partial charge in [0.25, 0.3) is 0 Å². The average molecular weight is 262 g/mol. The minimum absolute atomic E-state index is 0.101. The first-order chi connectivity index (χ1) is 9.34. The van der Waals surface area contributed by atoms with Crippen molar-refractivity contribution in [2.75, 3.05) is 26.2 Å². The molecule has 1 aliphatic carbocycles. The second-order valence-electron chi connectivity index (χ2n) is 5.83. The molecule has 1 saturated heterocycles. The van der Waals surface area contributed by atoms with Crippen LogP contribution in [0.25, 0.3) is 0 Å². The molecule has 0 unspecified atom stereocenters. The minimum Gasteiger partial charge on any atom is -0.314 e. The Bertz CT molecular complexity index is 409. The quantitative estimate of drug-likeness (QED) is 0.901. The molecule has 2 fully saturated rings. The summed E-state index contributed by atoms with van der Waals surface area (Å²) < 4.78 is 13.6. The Labute approximate surface area is 115 Å². The zero-order valence-corrected chi connectivity index (χ0v) is 11.4. The molecule has 3 heteroatoms. The van der Waals surface area contributed by atoms with E-state index in [4.69, 9.17) is 0 Å². The number of nitrogens with zero attached hydrogens (tertiary/aromatic N) is 1. The summed E-state index contributed by atoms with van der Waals surface area (Å²) in [4.78, 5) is 2.56. The molecule has 0 radical (unpaired) electrons. The third-order valence-corrected chi connectivity index (χ3v) is 4.58. The Kier molecular flexibility index (Phi) is 4.14. The summed E-state index contributed by atoms with van der Waals surface area (Å²) >= 11 is 0. The predicted octanol–water partition coefficient (Wildman–Crippen LogP) is 2.96. The van der Waals surface area contributed by atoms with Crippen LogP contribution in [0.4, 0.5) is 4.39 Å². The van der Waals surface area contributed by atoms with Gasteiger partial charge in [0.2, 0.25) is 0 Å². The van der Waals surface area contributed by atoms with E-state index in [1.807, 2.05) is 6.07 Å². The van der Waals surface area contributed by atoms with Crippen LogP contribution in [0.1, 0.15) is 37.3 Å². The summed E-state index contributed by atoms with van der Waals surface area (Å²) in [5.41, 5.74) is 1.17. The molecule has 1 heterocycles. The predicted molar refractivity (Wildman–Crippen MR) is 75.5 cm³/mol. The van der Waals surface area contributed by atoms with E-state index >= 15 is 0 Å². The van der Waals surface area contributed by atoms with Crippen LogP contribution in [0.2, 0.25) is 0 Å². The van der Waals surface area contributed by atoms with E-state index in [0.717, 1.165) is 26.2 Å². The molecule has 0 spiro atoms. The van der Waals surface area contributed by atoms with Crippen molar-refractivity contribution in [2.24, 2.45) is 5.92 Å². The lowest BCUT2D eigenvalue weighted by atomic mass is 9.89. The maximum absolute atomic E-state index is 13.6. The lowest BCUT2D eigenvalue weighted by molar-refractivity contribution is 0.125. The Hall–Kier alpha value is -0.930. The van der Waals surface area contributed by atoms with E-state index in [2.05, 4.69) is 16.3 Å². The van der Waals surface area contributed by atoms with E-state index in [0.29, 0.717) is 12.0 Å². The van der Waals surface area contributed by atoms with Gasteiger partial charge in [0.15, 0.2) is 0 Å². The third-order valence-electron chi connectivity index (χ3n) is 4.58. The van der Waals surface area contributed by atoms with E-state index < -0.39 is 0 Å². The van der Waals surface area contributed by atoms with Gasteiger partial charge in [-0.1, -0.05) is 25.0 Å². The first-order valence-electron chi connectivity index (χ1n) is 7.55. The fourth-order valence-corrected chi connectivity index (χ4v) is 3.71. The number of halogens is 1. The number of benzene rings is 1. The van der Waals surface area contributed by atoms with Crippen LogP contribution in [0.3, 0.4) is 0 Å². The normalized spacial score (nSPS) is 23.6. The molecular weight excluding hydrogens is 239 g/mol. The summed E-state index contributed by atoms with van der Waals surface area (Å²) in [7, 11) is 0. The molecule has 2 nitrogen and oxygen atoms in total. The van der Waals surface area contributed by atoms with Crippen molar-refractivity contribution in [3.8, 4) is 0 Å². The van der Waals surface area contributed by atoms with E-state index in [-0.39, 0.29) is 5.82 Å². The molecule has 104 valence electrons. The van der Waals surface area contributed by atoms with Crippen molar-refractivity contribution >= 4 is 0 Å². The number of hydrogen-bond acceptors (Lipinski definition) is 2. The molecule has 1 aliphatic heterocycles. The van der Waals surface area contributed by atoms with Crippen molar-refractivity contribution in [3.05, 3.63) is 35.6 Å². The molecule has 1 aromatic rings. The molecule has 2 aliphatic rings. The Balaban J connectivity index is 1.86. The van der Waals surface area contributed by atoms with Gasteiger partial charge in [-0.2, -0.15) is 0 Å². The van der Waals surface area contributed by atoms with Gasteiger partial charge in [0, 0.05) is 32.2 Å². The van der Waals surface area contributed by atoms with Gasteiger partial charge in [-0.15, -0.1) is 0 Å².